The lowest BCUT2D eigenvalue weighted by Crippen LogP contribution is -2.46. The Hall–Kier alpha value is -3.96. The van der Waals surface area contributed by atoms with Gasteiger partial charge in [-0.2, -0.15) is 4.37 Å². The third kappa shape index (κ3) is 6.04. The molecule has 2 atom stereocenters. The molecule has 0 aliphatic carbocycles. The second-order valence-electron chi connectivity index (χ2n) is 9.56. The Balaban J connectivity index is 1.85. The lowest BCUT2D eigenvalue weighted by molar-refractivity contribution is -0.123. The monoisotopic (exact) mass is 550 g/mol. The molecule has 39 heavy (non-hydrogen) atoms. The average molecular weight is 551 g/mol. The Morgan fingerprint density at radius 2 is 1.87 bits per heavy atom. The summed E-state index contributed by atoms with van der Waals surface area (Å²) in [5.74, 6) is -1.73. The van der Waals surface area contributed by atoms with Crippen molar-refractivity contribution in [1.29, 1.82) is 0 Å². The number of nitrogens with zero attached hydrogens (tertiary/aromatic N) is 3. The van der Waals surface area contributed by atoms with Crippen LogP contribution in [0.5, 0.6) is 0 Å². The molecule has 5 N–H and O–H groups in total. The zero-order valence-corrected chi connectivity index (χ0v) is 23.2. The van der Waals surface area contributed by atoms with Gasteiger partial charge in [0.1, 0.15) is 10.9 Å². The number of amides is 3. The van der Waals surface area contributed by atoms with E-state index in [4.69, 9.17) is 16.2 Å². The van der Waals surface area contributed by atoms with Crippen molar-refractivity contribution >= 4 is 46.3 Å². The lowest BCUT2D eigenvalue weighted by atomic mass is 9.99. The summed E-state index contributed by atoms with van der Waals surface area (Å²) in [6.07, 6.45) is 2.34. The Bertz CT molecular complexity index is 1330. The molecule has 0 radical (unpaired) electrons. The van der Waals surface area contributed by atoms with Gasteiger partial charge in [0.25, 0.3) is 11.8 Å². The summed E-state index contributed by atoms with van der Waals surface area (Å²) in [5, 5.41) is 3.01. The highest BCUT2D eigenvalue weighted by molar-refractivity contribution is 7.09. The summed E-state index contributed by atoms with van der Waals surface area (Å²) in [7, 11) is 3.86. The van der Waals surface area contributed by atoms with Crippen molar-refractivity contribution in [3.8, 4) is 0 Å². The summed E-state index contributed by atoms with van der Waals surface area (Å²) in [5.41, 5.74) is 14.3. The number of aryl methyl sites for hydroxylation is 1. The van der Waals surface area contributed by atoms with Crippen LogP contribution in [-0.2, 0) is 16.0 Å². The molecule has 3 amide bonds. The van der Waals surface area contributed by atoms with E-state index < -0.39 is 17.9 Å². The van der Waals surface area contributed by atoms with Gasteiger partial charge in [-0.1, -0.05) is 37.3 Å². The number of para-hydroxylation sites is 1. The molecular formula is C28H34N6O4S. The van der Waals surface area contributed by atoms with Gasteiger partial charge in [-0.3, -0.25) is 19.3 Å². The highest BCUT2D eigenvalue weighted by Crippen LogP contribution is 2.35. The van der Waals surface area contributed by atoms with Crippen LogP contribution >= 0.6 is 11.5 Å². The summed E-state index contributed by atoms with van der Waals surface area (Å²) in [4.78, 5) is 43.5. The van der Waals surface area contributed by atoms with E-state index in [1.54, 1.807) is 6.07 Å². The highest BCUT2D eigenvalue weighted by Gasteiger charge is 2.37. The molecule has 2 aromatic carbocycles. The fourth-order valence-corrected chi connectivity index (χ4v) is 5.38. The first kappa shape index (κ1) is 28.1. The fourth-order valence-electron chi connectivity index (χ4n) is 4.64. The molecular weight excluding hydrogens is 516 g/mol. The molecule has 1 aliphatic rings. The molecule has 0 spiro atoms. The number of nitrogens with one attached hydrogen (secondary N) is 1. The number of ether oxygens (including phenoxy) is 1. The van der Waals surface area contributed by atoms with E-state index in [-0.39, 0.29) is 28.3 Å². The molecule has 4 rings (SSSR count). The molecule has 1 aromatic heterocycles. The zero-order chi connectivity index (χ0) is 28.1. The SMILES string of the molecule is CCc1ccccc1N(C(=O)c1snc(C(N)=O)c1N)[C@@H](C(=O)NC[C@H]1CCCO1)c1ccc(N(C)C)cc1. The normalized spacial score (nSPS) is 15.5. The zero-order valence-electron chi connectivity index (χ0n) is 22.3. The first-order valence-electron chi connectivity index (χ1n) is 12.9. The summed E-state index contributed by atoms with van der Waals surface area (Å²) in [6, 6.07) is 13.9. The topological polar surface area (TPSA) is 144 Å². The standard InChI is InChI=1S/C28H34N6O4S/c1-4-17-8-5-6-10-21(17)34(28(37)25-22(29)23(26(30)35)32-39-25)24(18-11-13-19(14-12-18)33(2)3)27(36)31-16-20-9-7-15-38-20/h5-6,8,10-14,20,24H,4,7,9,15-16,29H2,1-3H3,(H2,30,35)(H,31,36)/t20-,24-/m1/s1. The van der Waals surface area contributed by atoms with E-state index >= 15 is 0 Å². The molecule has 0 bridgehead atoms. The maximum atomic E-state index is 14.3. The van der Waals surface area contributed by atoms with Gasteiger partial charge in [0.15, 0.2) is 5.69 Å². The van der Waals surface area contributed by atoms with Crippen molar-refractivity contribution in [2.75, 3.05) is 42.8 Å². The molecule has 206 valence electrons. The lowest BCUT2D eigenvalue weighted by Gasteiger charge is -2.33. The predicted octanol–water partition coefficient (Wildman–Crippen LogP) is 3.14. The number of nitrogens with two attached hydrogens (primary N) is 2. The van der Waals surface area contributed by atoms with Gasteiger partial charge >= 0.3 is 0 Å². The third-order valence-electron chi connectivity index (χ3n) is 6.77. The largest absolute Gasteiger partial charge is 0.395 e. The fraction of sp³-hybridized carbons (Fsp3) is 0.357. The minimum Gasteiger partial charge on any atom is -0.395 e. The van der Waals surface area contributed by atoms with E-state index in [9.17, 15) is 14.4 Å². The summed E-state index contributed by atoms with van der Waals surface area (Å²) >= 11 is 0.788. The first-order valence-corrected chi connectivity index (χ1v) is 13.6. The van der Waals surface area contributed by atoms with Crippen molar-refractivity contribution in [3.63, 3.8) is 0 Å². The van der Waals surface area contributed by atoms with Gasteiger partial charge in [0.2, 0.25) is 5.91 Å². The third-order valence-corrected chi connectivity index (χ3v) is 7.62. The van der Waals surface area contributed by atoms with Crippen LogP contribution in [0.1, 0.15) is 57.1 Å². The number of aromatic nitrogens is 1. The van der Waals surface area contributed by atoms with Crippen LogP contribution in [0.4, 0.5) is 17.1 Å². The molecule has 3 aromatic rings. The van der Waals surface area contributed by atoms with E-state index in [1.165, 1.54) is 4.90 Å². The number of hydrogen-bond acceptors (Lipinski definition) is 8. The maximum absolute atomic E-state index is 14.3. The number of hydrogen-bond donors (Lipinski definition) is 3. The summed E-state index contributed by atoms with van der Waals surface area (Å²) < 4.78 is 9.73. The van der Waals surface area contributed by atoms with Crippen LogP contribution in [0.2, 0.25) is 0 Å². The smallest absolute Gasteiger partial charge is 0.273 e. The van der Waals surface area contributed by atoms with E-state index in [2.05, 4.69) is 9.69 Å². The molecule has 1 fully saturated rings. The van der Waals surface area contributed by atoms with Gasteiger partial charge in [-0.05, 0) is 60.1 Å². The van der Waals surface area contributed by atoms with Crippen LogP contribution in [-0.4, -0.2) is 55.4 Å². The highest BCUT2D eigenvalue weighted by atomic mass is 32.1. The van der Waals surface area contributed by atoms with Crippen LogP contribution in [0.3, 0.4) is 0 Å². The number of carbonyl (C=O) groups excluding carboxylic acids is 3. The first-order chi connectivity index (χ1) is 18.7. The van der Waals surface area contributed by atoms with Crippen molar-refractivity contribution in [2.24, 2.45) is 5.73 Å². The Kier molecular flexibility index (Phi) is 8.82. The quantitative estimate of drug-likeness (QED) is 0.352. The van der Waals surface area contributed by atoms with Gasteiger partial charge in [-0.15, -0.1) is 0 Å². The minimum absolute atomic E-state index is 0.0385. The minimum atomic E-state index is -1.04. The van der Waals surface area contributed by atoms with Crippen LogP contribution < -0.4 is 26.6 Å². The Labute approximate surface area is 232 Å². The van der Waals surface area contributed by atoms with E-state index in [0.29, 0.717) is 30.8 Å². The average Bonchev–Trinajstić information content (AvgIpc) is 3.60. The molecule has 1 aliphatic heterocycles. The maximum Gasteiger partial charge on any atom is 0.273 e. The number of benzene rings is 2. The van der Waals surface area contributed by atoms with E-state index in [0.717, 1.165) is 35.6 Å². The molecule has 11 heteroatoms. The second kappa shape index (κ2) is 12.3. The molecule has 1 saturated heterocycles. The predicted molar refractivity (Wildman–Crippen MR) is 153 cm³/mol. The Morgan fingerprint density at radius 1 is 1.15 bits per heavy atom. The van der Waals surface area contributed by atoms with Crippen molar-refractivity contribution < 1.29 is 19.1 Å². The van der Waals surface area contributed by atoms with Crippen LogP contribution in [0, 0.1) is 0 Å². The van der Waals surface area contributed by atoms with Gasteiger partial charge in [-0.25, -0.2) is 0 Å². The van der Waals surface area contributed by atoms with Crippen molar-refractivity contribution in [3.05, 3.63) is 70.2 Å². The molecule has 0 saturated carbocycles. The van der Waals surface area contributed by atoms with Gasteiger partial charge in [0, 0.05) is 38.6 Å². The van der Waals surface area contributed by atoms with Crippen LogP contribution in [0.15, 0.2) is 48.5 Å². The number of rotatable bonds is 10. The molecule has 2 heterocycles. The Morgan fingerprint density at radius 3 is 2.46 bits per heavy atom. The second-order valence-corrected chi connectivity index (χ2v) is 10.3. The van der Waals surface area contributed by atoms with E-state index in [1.807, 2.05) is 68.4 Å². The van der Waals surface area contributed by atoms with Crippen molar-refractivity contribution in [1.82, 2.24) is 9.69 Å². The van der Waals surface area contributed by atoms with Gasteiger partial charge < -0.3 is 26.4 Å². The number of primary amides is 1. The number of anilines is 3. The number of carbonyl (C=O) groups is 3. The van der Waals surface area contributed by atoms with Crippen LogP contribution in [0.25, 0.3) is 0 Å². The summed E-state index contributed by atoms with van der Waals surface area (Å²) in [6.45, 7) is 2.97. The molecule has 0 unspecified atom stereocenters. The number of nitrogen functional groups attached to an aromatic ring is 1. The van der Waals surface area contributed by atoms with Gasteiger partial charge in [0.05, 0.1) is 11.8 Å². The molecule has 10 nitrogen and oxygen atoms in total. The van der Waals surface area contributed by atoms with Crippen molar-refractivity contribution in [2.45, 2.75) is 38.3 Å².